The molecule has 1 fully saturated rings. The van der Waals surface area contributed by atoms with Gasteiger partial charge < -0.3 is 0 Å². The zero-order valence-electron chi connectivity index (χ0n) is 54.9. The fraction of sp³-hybridized carbons (Fsp3) is 0.325. The van der Waals surface area contributed by atoms with Gasteiger partial charge in [0.1, 0.15) is 17.3 Å². The van der Waals surface area contributed by atoms with Crippen molar-refractivity contribution in [1.29, 1.82) is 0 Å². The Labute approximate surface area is 536 Å². The third-order valence-corrected chi connectivity index (χ3v) is 20.4. The summed E-state index contributed by atoms with van der Waals surface area (Å²) in [5, 5.41) is 2.85. The van der Waals surface area contributed by atoms with Gasteiger partial charge in [-0.2, -0.15) is 0 Å². The van der Waals surface area contributed by atoms with Gasteiger partial charge in [0, 0.05) is 23.1 Å². The lowest BCUT2D eigenvalue weighted by atomic mass is 10.1. The van der Waals surface area contributed by atoms with Crippen molar-refractivity contribution < 1.29 is 42.4 Å². The normalized spacial score (nSPS) is 10.1. The maximum absolute atomic E-state index is 2.30. The molecular formula is C77H111I2S3+5. The van der Waals surface area contributed by atoms with Crippen LogP contribution in [0.1, 0.15) is 137 Å². The molecule has 0 saturated carbocycles. The van der Waals surface area contributed by atoms with Crippen LogP contribution in [0.4, 0.5) is 0 Å². The molecule has 0 aliphatic carbocycles. The van der Waals surface area contributed by atoms with Gasteiger partial charge in [-0.05, 0) is 117 Å². The molecule has 2 aliphatic rings. The summed E-state index contributed by atoms with van der Waals surface area (Å²) >= 11 is 0.131. The van der Waals surface area contributed by atoms with E-state index in [-0.39, 0.29) is 53.3 Å². The highest BCUT2D eigenvalue weighted by Gasteiger charge is 2.32. The second-order valence-electron chi connectivity index (χ2n) is 15.4. The molecule has 9 aromatic carbocycles. The third kappa shape index (κ3) is 33.3. The molecule has 0 unspecified atom stereocenters. The van der Waals surface area contributed by atoms with E-state index in [9.17, 15) is 0 Å². The summed E-state index contributed by atoms with van der Waals surface area (Å²) in [4.78, 5) is 4.08. The van der Waals surface area contributed by atoms with Gasteiger partial charge in [-0.1, -0.05) is 282 Å². The molecule has 0 spiro atoms. The molecular weight excluding hydrogens is 1270 g/mol. The van der Waals surface area contributed by atoms with Crippen LogP contribution in [0.2, 0.25) is 0 Å². The maximum Gasteiger partial charge on any atom is 0.359 e. The van der Waals surface area contributed by atoms with Crippen LogP contribution in [0.15, 0.2) is 257 Å². The average Bonchev–Trinajstić information content (AvgIpc) is 4.04. The van der Waals surface area contributed by atoms with Crippen LogP contribution >= 0.6 is 0 Å². The van der Waals surface area contributed by atoms with Gasteiger partial charge in [0.05, 0.1) is 29.7 Å². The molecule has 9 aromatic rings. The lowest BCUT2D eigenvalue weighted by molar-refractivity contribution is -0.597. The molecule has 0 radical (unpaired) electrons. The zero-order chi connectivity index (χ0) is 62.2. The monoisotopic (exact) mass is 1390 g/mol. The van der Waals surface area contributed by atoms with Crippen molar-refractivity contribution in [3.63, 3.8) is 0 Å². The second-order valence-corrected chi connectivity index (χ2v) is 28.1. The quantitative estimate of drug-likeness (QED) is 0.110. The van der Waals surface area contributed by atoms with E-state index in [0.29, 0.717) is 21.8 Å². The van der Waals surface area contributed by atoms with Crippen LogP contribution in [-0.4, -0.2) is 30.3 Å². The predicted octanol–water partition coefficient (Wildman–Crippen LogP) is 17.5. The highest BCUT2D eigenvalue weighted by Crippen LogP contribution is 2.31. The highest BCUT2D eigenvalue weighted by atomic mass is 127. The summed E-state index contributed by atoms with van der Waals surface area (Å²) in [7, 11) is 1.32. The van der Waals surface area contributed by atoms with Crippen molar-refractivity contribution >= 4 is 43.5 Å². The number of hydrogen-bond acceptors (Lipinski definition) is 0. The van der Waals surface area contributed by atoms with E-state index < -0.39 is 0 Å². The van der Waals surface area contributed by atoms with Gasteiger partial charge >= 0.3 is 42.4 Å². The minimum Gasteiger partial charge on any atom is -0.0683 e. The molecule has 0 atom stereocenters. The van der Waals surface area contributed by atoms with E-state index >= 15 is 0 Å². The van der Waals surface area contributed by atoms with Gasteiger partial charge in [0.25, 0.3) is 0 Å². The number of hydrogen-bond donors (Lipinski definition) is 0. The summed E-state index contributed by atoms with van der Waals surface area (Å²) in [6.45, 7) is 36.0. The van der Waals surface area contributed by atoms with Gasteiger partial charge in [-0.15, -0.1) is 0 Å². The molecule has 0 N–H and O–H groups in total. The number of benzene rings is 9. The third-order valence-electron chi connectivity index (χ3n) is 9.97. The number of rotatable bonds is 7. The number of fused-ring (bicyclic) bond motifs is 4. The van der Waals surface area contributed by atoms with Gasteiger partial charge in [-0.3, -0.25) is 0 Å². The van der Waals surface area contributed by atoms with Crippen LogP contribution in [-0.2, 0) is 38.4 Å². The van der Waals surface area contributed by atoms with E-state index in [1.54, 1.807) is 12.7 Å². The molecule has 1 saturated heterocycles. The summed E-state index contributed by atoms with van der Waals surface area (Å²) in [6, 6.07) is 86.6. The SMILES string of the molecule is CC.CC.CC.CC.CC.CC.CC.CC.CC.C[S+](C)C.c1ccc([I+]c2ccccc2)cc1.c1ccc([S+](c2ccccc2)c2ccccc2)cc1.c1ccc2c(C[S+]3CCC3)cccc2c1.c1ccc2c(c1)[I+]c1ccccc1-2. The largest absolute Gasteiger partial charge is 0.359 e. The Morgan fingerprint density at radius 3 is 0.976 bits per heavy atom. The molecule has 0 nitrogen and oxygen atoms in total. The Hall–Kier alpha value is -4.25. The Kier molecular flexibility index (Phi) is 58.5. The molecule has 11 rings (SSSR count). The van der Waals surface area contributed by atoms with Crippen molar-refractivity contribution in [3.05, 3.63) is 262 Å². The van der Waals surface area contributed by atoms with Gasteiger partial charge in [0.15, 0.2) is 21.8 Å². The van der Waals surface area contributed by atoms with Crippen molar-refractivity contribution in [3.8, 4) is 11.1 Å². The lowest BCUT2D eigenvalue weighted by Crippen LogP contribution is -3.61. The van der Waals surface area contributed by atoms with Gasteiger partial charge in [0.2, 0.25) is 7.14 Å². The molecule has 0 aromatic heterocycles. The summed E-state index contributed by atoms with van der Waals surface area (Å²) < 4.78 is 6.10. The molecule has 446 valence electrons. The van der Waals surface area contributed by atoms with E-state index in [4.69, 9.17) is 0 Å². The zero-order valence-corrected chi connectivity index (χ0v) is 61.7. The Bertz CT molecular complexity index is 2530. The summed E-state index contributed by atoms with van der Waals surface area (Å²) in [6.07, 6.45) is 8.04. The van der Waals surface area contributed by atoms with Crippen molar-refractivity contribution in [1.82, 2.24) is 0 Å². The smallest absolute Gasteiger partial charge is 0.0683 e. The molecule has 0 bridgehead atoms. The second kappa shape index (κ2) is 58.5. The van der Waals surface area contributed by atoms with E-state index in [0.717, 1.165) is 0 Å². The van der Waals surface area contributed by atoms with Crippen molar-refractivity contribution in [2.24, 2.45) is 0 Å². The standard InChI is InChI=1S/C18H15S.C14H15S.C12H8I.C12H10I.C3H9S.9C2H6/c1-4-10-16(11-5-1)19(17-12-6-2-7-13-17)18-14-8-3-9-15-18;1-2-8-14-12(5-1)6-3-7-13(14)11-15-9-4-10-15;1-3-7-11-9(5-1)10-6-2-4-8-12(10)13-11;1-3-7-11(8-4-1)13-12-9-5-2-6-10-12;1-4(2)3;9*1-2/h1-15H;1-3,5-8H,4,9-11H2;1-8H;1-10H;1-3H3;9*1-2H3/q5*+1;;;;;;;;;. The van der Waals surface area contributed by atoms with Crippen molar-refractivity contribution in [2.75, 3.05) is 30.3 Å². The van der Waals surface area contributed by atoms with Gasteiger partial charge in [-0.25, -0.2) is 0 Å². The lowest BCUT2D eigenvalue weighted by Gasteiger charge is -2.16. The molecule has 2 heterocycles. The fourth-order valence-corrected chi connectivity index (χ4v) is 15.9. The summed E-state index contributed by atoms with van der Waals surface area (Å²) in [5.41, 5.74) is 4.48. The molecule has 82 heavy (non-hydrogen) atoms. The van der Waals surface area contributed by atoms with E-state index in [1.165, 1.54) is 67.4 Å². The first-order valence-electron chi connectivity index (χ1n) is 30.6. The van der Waals surface area contributed by atoms with Crippen LogP contribution < -0.4 is 42.4 Å². The number of halogens is 2. The van der Waals surface area contributed by atoms with Crippen LogP contribution in [0.3, 0.4) is 0 Å². The van der Waals surface area contributed by atoms with E-state index in [1.807, 2.05) is 125 Å². The Morgan fingerprint density at radius 2 is 0.634 bits per heavy atom. The first-order chi connectivity index (χ1) is 40.5. The average molecular weight is 1390 g/mol. The minimum atomic E-state index is -0.0146. The van der Waals surface area contributed by atoms with E-state index in [2.05, 4.69) is 261 Å². The highest BCUT2D eigenvalue weighted by molar-refractivity contribution is 7.97. The predicted molar refractivity (Wildman–Crippen MR) is 378 cm³/mol. The Morgan fingerprint density at radius 1 is 0.341 bits per heavy atom. The summed E-state index contributed by atoms with van der Waals surface area (Å²) in [5.74, 6) is 4.23. The topological polar surface area (TPSA) is 0 Å². The van der Waals surface area contributed by atoms with Crippen LogP contribution in [0.25, 0.3) is 21.9 Å². The molecule has 2 aliphatic heterocycles. The minimum absolute atomic E-state index is 0.0146. The Balaban J connectivity index is -0.000000915. The molecule has 5 heteroatoms. The fourth-order valence-electron chi connectivity index (χ4n) is 6.92. The molecule has 0 amide bonds. The maximum atomic E-state index is 2.30. The first kappa shape index (κ1) is 82.0. The first-order valence-corrected chi connectivity index (χ1v) is 40.3. The van der Waals surface area contributed by atoms with Crippen LogP contribution in [0, 0.1) is 14.3 Å². The van der Waals surface area contributed by atoms with Crippen LogP contribution in [0.5, 0.6) is 0 Å². The van der Waals surface area contributed by atoms with Crippen molar-refractivity contribution in [2.45, 2.75) is 151 Å².